The summed E-state index contributed by atoms with van der Waals surface area (Å²) in [7, 11) is 2.06. The van der Waals surface area contributed by atoms with Crippen LogP contribution in [0.2, 0.25) is 0 Å². The Morgan fingerprint density at radius 2 is 2.47 bits per heavy atom. The maximum atomic E-state index is 11.2. The van der Waals surface area contributed by atoms with Gasteiger partial charge in [0.1, 0.15) is 6.20 Å². The number of rotatable bonds is 3. The second kappa shape index (κ2) is 4.78. The Kier molecular flexibility index (Phi) is 3.11. The lowest BCUT2D eigenvalue weighted by molar-refractivity contribution is -0.389. The van der Waals surface area contributed by atoms with Gasteiger partial charge < -0.3 is 20.3 Å². The third-order valence-electron chi connectivity index (χ3n) is 3.38. The van der Waals surface area contributed by atoms with Crippen LogP contribution in [0.15, 0.2) is 11.6 Å². The number of nitro groups is 1. The average Bonchev–Trinajstić information content (AvgIpc) is 2.88. The van der Waals surface area contributed by atoms with Crippen LogP contribution in [0.3, 0.4) is 0 Å². The molecule has 1 atom stereocenters. The SMILES string of the molecule is CN1CCCC(Nc2nc3sccn3c2[N+](=O)[O-])C1. The van der Waals surface area contributed by atoms with Gasteiger partial charge >= 0.3 is 5.82 Å². The first-order valence-electron chi connectivity index (χ1n) is 6.20. The first-order valence-corrected chi connectivity index (χ1v) is 7.08. The van der Waals surface area contributed by atoms with Gasteiger partial charge in [0.2, 0.25) is 5.82 Å². The molecule has 1 aliphatic rings. The fourth-order valence-electron chi connectivity index (χ4n) is 2.52. The molecule has 1 N–H and O–H groups in total. The van der Waals surface area contributed by atoms with Gasteiger partial charge in [-0.25, -0.2) is 0 Å². The van der Waals surface area contributed by atoms with Crippen molar-refractivity contribution in [3.8, 4) is 0 Å². The van der Waals surface area contributed by atoms with Crippen molar-refractivity contribution in [2.75, 3.05) is 25.5 Å². The predicted molar refractivity (Wildman–Crippen MR) is 73.9 cm³/mol. The number of fused-ring (bicyclic) bond motifs is 1. The van der Waals surface area contributed by atoms with E-state index in [2.05, 4.69) is 22.2 Å². The predicted octanol–water partition coefficient (Wildman–Crippen LogP) is 1.81. The Hall–Kier alpha value is -1.67. The molecule has 3 heterocycles. The lowest BCUT2D eigenvalue weighted by Crippen LogP contribution is -2.39. The second-order valence-electron chi connectivity index (χ2n) is 4.84. The van der Waals surface area contributed by atoms with Crippen LogP contribution in [-0.2, 0) is 0 Å². The van der Waals surface area contributed by atoms with Crippen molar-refractivity contribution in [1.82, 2.24) is 14.3 Å². The average molecular weight is 281 g/mol. The lowest BCUT2D eigenvalue weighted by Gasteiger charge is -2.29. The quantitative estimate of drug-likeness (QED) is 0.686. The third kappa shape index (κ3) is 2.28. The van der Waals surface area contributed by atoms with Gasteiger partial charge in [-0.1, -0.05) is 11.3 Å². The fraction of sp³-hybridized carbons (Fsp3) is 0.545. The number of thiazole rings is 1. The van der Waals surface area contributed by atoms with Crippen LogP contribution in [0, 0.1) is 10.1 Å². The molecule has 7 nitrogen and oxygen atoms in total. The van der Waals surface area contributed by atoms with Gasteiger partial charge in [0.15, 0.2) is 0 Å². The summed E-state index contributed by atoms with van der Waals surface area (Å²) in [4.78, 5) is 18.0. The molecule has 0 aliphatic carbocycles. The van der Waals surface area contributed by atoms with Gasteiger partial charge in [-0.2, -0.15) is 9.38 Å². The molecule has 1 saturated heterocycles. The van der Waals surface area contributed by atoms with Gasteiger partial charge in [-0.3, -0.25) is 0 Å². The summed E-state index contributed by atoms with van der Waals surface area (Å²) in [5, 5.41) is 16.2. The zero-order valence-corrected chi connectivity index (χ0v) is 11.4. The summed E-state index contributed by atoms with van der Waals surface area (Å²) >= 11 is 1.40. The Bertz CT molecular complexity index is 607. The first kappa shape index (κ1) is 12.4. The molecule has 0 bridgehead atoms. The van der Waals surface area contributed by atoms with Crippen LogP contribution in [0.5, 0.6) is 0 Å². The maximum absolute atomic E-state index is 11.2. The van der Waals surface area contributed by atoms with Crippen LogP contribution < -0.4 is 5.32 Å². The zero-order valence-electron chi connectivity index (χ0n) is 10.6. The summed E-state index contributed by atoms with van der Waals surface area (Å²) in [6.07, 6.45) is 3.81. The summed E-state index contributed by atoms with van der Waals surface area (Å²) < 4.78 is 1.53. The normalized spacial score (nSPS) is 20.8. The van der Waals surface area contributed by atoms with E-state index in [1.807, 2.05) is 0 Å². The van der Waals surface area contributed by atoms with Crippen LogP contribution in [0.4, 0.5) is 11.6 Å². The Morgan fingerprint density at radius 1 is 1.63 bits per heavy atom. The van der Waals surface area contributed by atoms with Crippen LogP contribution >= 0.6 is 11.3 Å². The minimum atomic E-state index is -0.373. The maximum Gasteiger partial charge on any atom is 0.372 e. The number of piperidine rings is 1. The molecular formula is C11H15N5O2S. The first-order chi connectivity index (χ1) is 9.15. The largest absolute Gasteiger partial charge is 0.372 e. The number of nitrogens with zero attached hydrogens (tertiary/aromatic N) is 4. The second-order valence-corrected chi connectivity index (χ2v) is 5.72. The Labute approximate surface area is 114 Å². The minimum absolute atomic E-state index is 0.0319. The van der Waals surface area contributed by atoms with Crippen LogP contribution in [0.25, 0.3) is 4.96 Å². The highest BCUT2D eigenvalue weighted by Crippen LogP contribution is 2.29. The molecule has 2 aromatic heterocycles. The molecule has 2 aromatic rings. The highest BCUT2D eigenvalue weighted by atomic mass is 32.1. The van der Waals surface area contributed by atoms with E-state index in [1.54, 1.807) is 11.6 Å². The number of likely N-dealkylation sites (tertiary alicyclic amines) is 1. The molecule has 0 spiro atoms. The van der Waals surface area contributed by atoms with E-state index in [4.69, 9.17) is 0 Å². The van der Waals surface area contributed by atoms with Crippen molar-refractivity contribution in [3.05, 3.63) is 21.7 Å². The molecule has 19 heavy (non-hydrogen) atoms. The van der Waals surface area contributed by atoms with Crippen molar-refractivity contribution < 1.29 is 4.92 Å². The molecule has 8 heteroatoms. The molecular weight excluding hydrogens is 266 g/mol. The van der Waals surface area contributed by atoms with E-state index in [-0.39, 0.29) is 16.8 Å². The van der Waals surface area contributed by atoms with E-state index < -0.39 is 0 Å². The molecule has 0 radical (unpaired) electrons. The standard InChI is InChI=1S/C11H15N5O2S/c1-14-4-2-3-8(7-14)12-9-10(16(17)18)15-5-6-19-11(15)13-9/h5-6,8,12H,2-4,7H2,1H3. The van der Waals surface area contributed by atoms with Gasteiger partial charge in [-0.05, 0) is 31.4 Å². The lowest BCUT2D eigenvalue weighted by atomic mass is 10.1. The highest BCUT2D eigenvalue weighted by Gasteiger charge is 2.26. The number of hydrogen-bond donors (Lipinski definition) is 1. The highest BCUT2D eigenvalue weighted by molar-refractivity contribution is 7.15. The van der Waals surface area contributed by atoms with E-state index >= 15 is 0 Å². The summed E-state index contributed by atoms with van der Waals surface area (Å²) in [6.45, 7) is 1.97. The van der Waals surface area contributed by atoms with E-state index in [0.717, 1.165) is 25.9 Å². The van der Waals surface area contributed by atoms with Crippen molar-refractivity contribution in [1.29, 1.82) is 0 Å². The molecule has 0 amide bonds. The van der Waals surface area contributed by atoms with Crippen molar-refractivity contribution in [2.24, 2.45) is 0 Å². The number of anilines is 1. The van der Waals surface area contributed by atoms with Gasteiger partial charge in [0, 0.05) is 18.0 Å². The number of likely N-dealkylation sites (N-methyl/N-ethyl adjacent to an activating group) is 1. The monoisotopic (exact) mass is 281 g/mol. The zero-order chi connectivity index (χ0) is 13.4. The minimum Gasteiger partial charge on any atom is -0.359 e. The fourth-order valence-corrected chi connectivity index (χ4v) is 3.23. The number of imidazole rings is 1. The van der Waals surface area contributed by atoms with Gasteiger partial charge in [0.05, 0.1) is 0 Å². The van der Waals surface area contributed by atoms with Crippen molar-refractivity contribution >= 4 is 27.9 Å². The number of nitrogens with one attached hydrogen (secondary N) is 1. The molecule has 102 valence electrons. The van der Waals surface area contributed by atoms with Gasteiger partial charge in [-0.15, -0.1) is 0 Å². The Morgan fingerprint density at radius 3 is 3.21 bits per heavy atom. The van der Waals surface area contributed by atoms with E-state index in [0.29, 0.717) is 10.8 Å². The molecule has 0 aromatic carbocycles. The summed E-state index contributed by atoms with van der Waals surface area (Å²) in [5.74, 6) is 0.418. The number of aromatic nitrogens is 2. The number of hydrogen-bond acceptors (Lipinski definition) is 6. The molecule has 1 unspecified atom stereocenters. The summed E-state index contributed by atoms with van der Waals surface area (Å²) in [5.41, 5.74) is 0. The van der Waals surface area contributed by atoms with Gasteiger partial charge in [0.25, 0.3) is 4.96 Å². The Balaban J connectivity index is 1.89. The molecule has 3 rings (SSSR count). The molecule has 1 fully saturated rings. The van der Waals surface area contributed by atoms with E-state index in [9.17, 15) is 10.1 Å². The smallest absolute Gasteiger partial charge is 0.359 e. The summed E-state index contributed by atoms with van der Waals surface area (Å²) in [6, 6.07) is 0.224. The van der Waals surface area contributed by atoms with Crippen molar-refractivity contribution in [2.45, 2.75) is 18.9 Å². The van der Waals surface area contributed by atoms with E-state index in [1.165, 1.54) is 15.7 Å². The third-order valence-corrected chi connectivity index (χ3v) is 4.13. The molecule has 1 aliphatic heterocycles. The topological polar surface area (TPSA) is 75.7 Å². The molecule has 0 saturated carbocycles. The van der Waals surface area contributed by atoms with Crippen molar-refractivity contribution in [3.63, 3.8) is 0 Å². The van der Waals surface area contributed by atoms with Crippen LogP contribution in [0.1, 0.15) is 12.8 Å². The van der Waals surface area contributed by atoms with Crippen LogP contribution in [-0.4, -0.2) is 45.4 Å².